The lowest BCUT2D eigenvalue weighted by Crippen LogP contribution is -2.54. The maximum absolute atomic E-state index is 13.2. The lowest BCUT2D eigenvalue weighted by atomic mass is 9.74. The first-order chi connectivity index (χ1) is 12.6. The van der Waals surface area contributed by atoms with Crippen molar-refractivity contribution in [2.45, 2.75) is 45.3 Å². The Hall–Kier alpha value is -1.76. The van der Waals surface area contributed by atoms with Crippen LogP contribution in [0.5, 0.6) is 0 Å². The van der Waals surface area contributed by atoms with Gasteiger partial charge in [0.05, 0.1) is 11.0 Å². The van der Waals surface area contributed by atoms with Crippen LogP contribution in [-0.4, -0.2) is 43.0 Å². The summed E-state index contributed by atoms with van der Waals surface area (Å²) in [5.74, 6) is 0.384. The molecule has 1 aromatic carbocycles. The van der Waals surface area contributed by atoms with Crippen LogP contribution in [0.4, 0.5) is 18.9 Å². The van der Waals surface area contributed by atoms with Crippen LogP contribution < -0.4 is 10.6 Å². The Labute approximate surface area is 158 Å². The highest BCUT2D eigenvalue weighted by Crippen LogP contribution is 2.45. The summed E-state index contributed by atoms with van der Waals surface area (Å²) in [6.45, 7) is 6.28. The van der Waals surface area contributed by atoms with Crippen molar-refractivity contribution >= 4 is 11.6 Å². The number of carbonyl (C=O) groups is 1. The minimum Gasteiger partial charge on any atom is -0.368 e. The summed E-state index contributed by atoms with van der Waals surface area (Å²) in [7, 11) is 0. The van der Waals surface area contributed by atoms with E-state index in [1.165, 1.54) is 12.1 Å². The molecule has 0 aromatic heterocycles. The molecule has 1 heterocycles. The maximum Gasteiger partial charge on any atom is 0.416 e. The zero-order chi connectivity index (χ0) is 19.8. The highest BCUT2D eigenvalue weighted by atomic mass is 19.4. The summed E-state index contributed by atoms with van der Waals surface area (Å²) in [6, 6.07) is 5.46. The molecule has 0 radical (unpaired) electrons. The quantitative estimate of drug-likeness (QED) is 0.869. The Kier molecular flexibility index (Phi) is 5.43. The van der Waals surface area contributed by atoms with Crippen LogP contribution in [0.25, 0.3) is 0 Å². The Morgan fingerprint density at radius 3 is 2.41 bits per heavy atom. The van der Waals surface area contributed by atoms with E-state index in [0.717, 1.165) is 25.3 Å². The van der Waals surface area contributed by atoms with E-state index < -0.39 is 17.2 Å². The number of alkyl halides is 3. The van der Waals surface area contributed by atoms with E-state index in [9.17, 15) is 18.0 Å². The molecule has 1 aliphatic carbocycles. The molecule has 2 N–H and O–H groups in total. The molecule has 1 saturated carbocycles. The Morgan fingerprint density at radius 2 is 1.89 bits per heavy atom. The second-order valence-electron chi connectivity index (χ2n) is 8.14. The first-order valence-electron chi connectivity index (χ1n) is 9.60. The number of nitrogens with zero attached hydrogens (tertiary/aromatic N) is 2. The van der Waals surface area contributed by atoms with Gasteiger partial charge in [0, 0.05) is 37.9 Å². The van der Waals surface area contributed by atoms with Crippen molar-refractivity contribution in [3.05, 3.63) is 29.8 Å². The summed E-state index contributed by atoms with van der Waals surface area (Å²) >= 11 is 0. The average Bonchev–Trinajstić information content (AvgIpc) is 3.04. The fourth-order valence-corrected chi connectivity index (χ4v) is 4.44. The van der Waals surface area contributed by atoms with Crippen LogP contribution in [-0.2, 0) is 11.0 Å². The minimum absolute atomic E-state index is 0.0720. The van der Waals surface area contributed by atoms with Gasteiger partial charge in [0.15, 0.2) is 0 Å². The first kappa shape index (κ1) is 20.0. The molecule has 7 heteroatoms. The van der Waals surface area contributed by atoms with Crippen molar-refractivity contribution in [1.82, 2.24) is 4.90 Å². The van der Waals surface area contributed by atoms with Crippen molar-refractivity contribution < 1.29 is 18.0 Å². The second-order valence-corrected chi connectivity index (χ2v) is 8.14. The summed E-state index contributed by atoms with van der Waals surface area (Å²) < 4.78 is 38.8. The third kappa shape index (κ3) is 3.93. The zero-order valence-electron chi connectivity index (χ0n) is 15.9. The monoisotopic (exact) mass is 383 g/mol. The third-order valence-corrected chi connectivity index (χ3v) is 6.22. The lowest BCUT2D eigenvalue weighted by Gasteiger charge is -2.42. The molecular formula is C20H28F3N3O. The van der Waals surface area contributed by atoms with Crippen LogP contribution in [0.15, 0.2) is 24.3 Å². The van der Waals surface area contributed by atoms with Gasteiger partial charge >= 0.3 is 6.18 Å². The van der Waals surface area contributed by atoms with Gasteiger partial charge in [-0.1, -0.05) is 19.9 Å². The molecule has 3 rings (SSSR count). The van der Waals surface area contributed by atoms with Crippen LogP contribution >= 0.6 is 0 Å². The highest BCUT2D eigenvalue weighted by molar-refractivity contribution is 5.84. The van der Waals surface area contributed by atoms with Crippen LogP contribution in [0.1, 0.15) is 38.7 Å². The SMILES string of the molecule is CC(C)[C@]1(C(=O)N2CCN(c3cccc(C(F)(F)F)c3)CC2)CCC(N)C1. The van der Waals surface area contributed by atoms with E-state index in [1.807, 2.05) is 9.80 Å². The van der Waals surface area contributed by atoms with Gasteiger partial charge in [0.1, 0.15) is 0 Å². The van der Waals surface area contributed by atoms with Gasteiger partial charge < -0.3 is 15.5 Å². The number of anilines is 1. The van der Waals surface area contributed by atoms with E-state index in [0.29, 0.717) is 31.9 Å². The fraction of sp³-hybridized carbons (Fsp3) is 0.650. The lowest BCUT2D eigenvalue weighted by molar-refractivity contribution is -0.145. The number of piperazine rings is 1. The van der Waals surface area contributed by atoms with Crippen molar-refractivity contribution in [3.63, 3.8) is 0 Å². The minimum atomic E-state index is -4.35. The first-order valence-corrected chi connectivity index (χ1v) is 9.60. The molecule has 1 saturated heterocycles. The van der Waals surface area contributed by atoms with Crippen LogP contribution in [0, 0.1) is 11.3 Å². The molecular weight excluding hydrogens is 355 g/mol. The molecule has 2 aliphatic rings. The summed E-state index contributed by atoms with van der Waals surface area (Å²) in [6.07, 6.45) is -1.94. The van der Waals surface area contributed by atoms with Crippen molar-refractivity contribution in [2.75, 3.05) is 31.1 Å². The summed E-state index contributed by atoms with van der Waals surface area (Å²) in [4.78, 5) is 17.0. The van der Waals surface area contributed by atoms with E-state index in [2.05, 4.69) is 13.8 Å². The fourth-order valence-electron chi connectivity index (χ4n) is 4.44. The van der Waals surface area contributed by atoms with Crippen molar-refractivity contribution in [3.8, 4) is 0 Å². The largest absolute Gasteiger partial charge is 0.416 e. The molecule has 1 aromatic rings. The molecule has 1 aliphatic heterocycles. The Balaban J connectivity index is 1.68. The van der Waals surface area contributed by atoms with Crippen molar-refractivity contribution in [2.24, 2.45) is 17.1 Å². The maximum atomic E-state index is 13.2. The van der Waals surface area contributed by atoms with Gasteiger partial charge in [-0.15, -0.1) is 0 Å². The molecule has 27 heavy (non-hydrogen) atoms. The number of hydrogen-bond acceptors (Lipinski definition) is 3. The number of benzene rings is 1. The number of rotatable bonds is 3. The van der Waals surface area contributed by atoms with Gasteiger partial charge in [-0.2, -0.15) is 13.2 Å². The second kappa shape index (κ2) is 7.34. The molecule has 2 atom stereocenters. The normalized spacial score (nSPS) is 26.7. The van der Waals surface area contributed by atoms with E-state index in [-0.39, 0.29) is 17.9 Å². The summed E-state index contributed by atoms with van der Waals surface area (Å²) in [5.41, 5.74) is 5.61. The number of nitrogens with two attached hydrogens (primary N) is 1. The van der Waals surface area contributed by atoms with Crippen LogP contribution in [0.2, 0.25) is 0 Å². The molecule has 1 amide bonds. The predicted molar refractivity (Wildman–Crippen MR) is 99.3 cm³/mol. The standard InChI is InChI=1S/C20H28F3N3O/c1-14(2)19(7-6-16(24)13-19)18(27)26-10-8-25(9-11-26)17-5-3-4-15(12-17)20(21,22)23/h3-5,12,14,16H,6-11,13,24H2,1-2H3/t16?,19-/m0/s1. The molecule has 0 bridgehead atoms. The third-order valence-electron chi connectivity index (χ3n) is 6.22. The van der Waals surface area contributed by atoms with Gasteiger partial charge in [0.25, 0.3) is 0 Å². The summed E-state index contributed by atoms with van der Waals surface area (Å²) in [5, 5.41) is 0. The highest BCUT2D eigenvalue weighted by Gasteiger charge is 2.48. The van der Waals surface area contributed by atoms with Gasteiger partial charge in [-0.25, -0.2) is 0 Å². The molecule has 0 spiro atoms. The van der Waals surface area contributed by atoms with E-state index in [1.54, 1.807) is 6.07 Å². The molecule has 1 unspecified atom stereocenters. The Bertz CT molecular complexity index is 683. The van der Waals surface area contributed by atoms with E-state index >= 15 is 0 Å². The smallest absolute Gasteiger partial charge is 0.368 e. The topological polar surface area (TPSA) is 49.6 Å². The number of amides is 1. The zero-order valence-corrected chi connectivity index (χ0v) is 15.9. The number of halogens is 3. The number of hydrogen-bond donors (Lipinski definition) is 1. The van der Waals surface area contributed by atoms with Gasteiger partial charge in [-0.3, -0.25) is 4.79 Å². The van der Waals surface area contributed by atoms with Gasteiger partial charge in [-0.05, 0) is 43.4 Å². The molecule has 4 nitrogen and oxygen atoms in total. The van der Waals surface area contributed by atoms with Gasteiger partial charge in [0.2, 0.25) is 5.91 Å². The molecule has 2 fully saturated rings. The van der Waals surface area contributed by atoms with Crippen LogP contribution in [0.3, 0.4) is 0 Å². The van der Waals surface area contributed by atoms with E-state index in [4.69, 9.17) is 5.73 Å². The Morgan fingerprint density at radius 1 is 1.22 bits per heavy atom. The average molecular weight is 383 g/mol. The molecule has 150 valence electrons. The predicted octanol–water partition coefficient (Wildman–Crippen LogP) is 3.51. The number of carbonyl (C=O) groups excluding carboxylic acids is 1. The van der Waals surface area contributed by atoms with Crippen molar-refractivity contribution in [1.29, 1.82) is 0 Å².